The first-order valence-electron chi connectivity index (χ1n) is 20.8. The molecule has 314 valence electrons. The van der Waals surface area contributed by atoms with Crippen LogP contribution in [0.2, 0.25) is 36.3 Å². The van der Waals surface area contributed by atoms with Crippen LogP contribution >= 0.6 is 0 Å². The lowest BCUT2D eigenvalue weighted by atomic mass is 9.74. The average Bonchev–Trinajstić information content (AvgIpc) is 3.47. The van der Waals surface area contributed by atoms with Crippen molar-refractivity contribution in [3.8, 4) is 5.75 Å². The molecule has 3 heterocycles. The summed E-state index contributed by atoms with van der Waals surface area (Å²) in [6.45, 7) is 27.7. The normalized spacial score (nSPS) is 31.2. The third-order valence-electron chi connectivity index (χ3n) is 13.7. The highest BCUT2D eigenvalue weighted by Gasteiger charge is 2.67. The molecule has 3 aliphatic heterocycles. The van der Waals surface area contributed by atoms with E-state index in [1.165, 1.54) is 0 Å². The molecule has 0 saturated carbocycles. The largest absolute Gasteiger partial charge is 0.487 e. The van der Waals surface area contributed by atoms with Crippen molar-refractivity contribution < 1.29 is 42.4 Å². The van der Waals surface area contributed by atoms with Crippen LogP contribution in [0.3, 0.4) is 0 Å². The Kier molecular flexibility index (Phi) is 12.3. The van der Waals surface area contributed by atoms with E-state index in [1.807, 2.05) is 61.5 Å². The molecule has 57 heavy (non-hydrogen) atoms. The summed E-state index contributed by atoms with van der Waals surface area (Å²) in [6, 6.07) is 24.2. The van der Waals surface area contributed by atoms with Crippen LogP contribution in [0.25, 0.3) is 10.8 Å². The molecule has 3 aromatic carbocycles. The molecule has 6 rings (SSSR count). The Morgan fingerprint density at radius 2 is 1.46 bits per heavy atom. The maximum Gasteiger partial charge on any atom is 0.198 e. The maximum absolute atomic E-state index is 14.3. The first-order chi connectivity index (χ1) is 26.4. The SMILES string of the molecule is CC(C)(C)[Si](C)(C)OC[C@@]1(C)O[C@@](C)(C[C@@]23CO[C@@](CCOCc4ccccc4)(O2)[C@@H](O)CC3=O)[C@H](Oc2cccc3ccccc23)C[C@@H]1O[Si](C)(C)C(C)(C)C. The molecule has 3 saturated heterocycles. The van der Waals surface area contributed by atoms with E-state index in [-0.39, 0.29) is 54.4 Å². The summed E-state index contributed by atoms with van der Waals surface area (Å²) in [5, 5.41) is 13.3. The van der Waals surface area contributed by atoms with Gasteiger partial charge in [-0.25, -0.2) is 0 Å². The molecule has 9 nitrogen and oxygen atoms in total. The molecule has 11 heteroatoms. The van der Waals surface area contributed by atoms with E-state index in [0.717, 1.165) is 22.1 Å². The highest BCUT2D eigenvalue weighted by Crippen LogP contribution is 2.52. The second-order valence-corrected chi connectivity index (χ2v) is 29.8. The zero-order valence-electron chi connectivity index (χ0n) is 36.5. The Bertz CT molecular complexity index is 1870. The topological polar surface area (TPSA) is 102 Å². The Balaban J connectivity index is 1.36. The van der Waals surface area contributed by atoms with Gasteiger partial charge in [-0.15, -0.1) is 0 Å². The summed E-state index contributed by atoms with van der Waals surface area (Å²) in [4.78, 5) is 14.3. The summed E-state index contributed by atoms with van der Waals surface area (Å²) < 4.78 is 48.2. The average molecular weight is 821 g/mol. The van der Waals surface area contributed by atoms with Crippen molar-refractivity contribution >= 4 is 33.2 Å². The highest BCUT2D eigenvalue weighted by molar-refractivity contribution is 6.74. The smallest absolute Gasteiger partial charge is 0.198 e. The van der Waals surface area contributed by atoms with Gasteiger partial charge in [0.05, 0.1) is 32.5 Å². The van der Waals surface area contributed by atoms with Gasteiger partial charge in [0, 0.05) is 31.1 Å². The zero-order valence-corrected chi connectivity index (χ0v) is 38.5. The fourth-order valence-corrected chi connectivity index (χ4v) is 10.5. The third kappa shape index (κ3) is 9.03. The molecule has 3 aliphatic rings. The van der Waals surface area contributed by atoms with E-state index in [0.29, 0.717) is 19.6 Å². The first kappa shape index (κ1) is 44.1. The standard InChI is InChI=1S/C46H68O9Si2/c1-41(2,3)56(9,10)51-31-44(8)40(53-57(11,12)42(4,5)6)28-39(52-36-24-18-22-34-21-16-17-23-35(34)36)43(7,54-44)30-45-32-50-46(55-45,38(48)27-37(45)47)25-26-49-29-33-19-14-13-15-20-33/h13-24,38-40,48H,25-32H2,1-12H3/t38-,39+,40-,43-,44+,45-,46-/m0/s1. The van der Waals surface area contributed by atoms with Crippen molar-refractivity contribution in [3.63, 3.8) is 0 Å². The lowest BCUT2D eigenvalue weighted by molar-refractivity contribution is -0.292. The van der Waals surface area contributed by atoms with Crippen LogP contribution in [-0.4, -0.2) is 88.2 Å². The van der Waals surface area contributed by atoms with E-state index >= 15 is 0 Å². The van der Waals surface area contributed by atoms with Gasteiger partial charge in [0.25, 0.3) is 0 Å². The third-order valence-corrected chi connectivity index (χ3v) is 22.7. The Hall–Kier alpha value is -2.46. The fourth-order valence-electron chi connectivity index (χ4n) is 7.97. The summed E-state index contributed by atoms with van der Waals surface area (Å²) in [5.41, 5.74) is -2.32. The number of carbonyl (C=O) groups is 1. The number of benzene rings is 3. The number of hydrogen-bond acceptors (Lipinski definition) is 9. The highest BCUT2D eigenvalue weighted by atomic mass is 28.4. The van der Waals surface area contributed by atoms with E-state index in [2.05, 4.69) is 92.9 Å². The van der Waals surface area contributed by atoms with E-state index in [9.17, 15) is 9.90 Å². The number of Topliss-reactive ketones (excluding diaryl/α,β-unsaturated/α-hetero) is 1. The first-order valence-corrected chi connectivity index (χ1v) is 26.6. The predicted octanol–water partition coefficient (Wildman–Crippen LogP) is 9.75. The number of carbonyl (C=O) groups excluding carboxylic acids is 1. The molecule has 0 radical (unpaired) electrons. The van der Waals surface area contributed by atoms with E-state index in [1.54, 1.807) is 0 Å². The minimum Gasteiger partial charge on any atom is -0.487 e. The predicted molar refractivity (Wildman–Crippen MR) is 230 cm³/mol. The Morgan fingerprint density at radius 3 is 2.14 bits per heavy atom. The van der Waals surface area contributed by atoms with Gasteiger partial charge in [-0.3, -0.25) is 4.79 Å². The fraction of sp³-hybridized carbons (Fsp3) is 0.630. The molecule has 7 atom stereocenters. The quantitative estimate of drug-likeness (QED) is 0.126. The molecule has 0 aliphatic carbocycles. The van der Waals surface area contributed by atoms with Crippen molar-refractivity contribution in [3.05, 3.63) is 78.4 Å². The minimum atomic E-state index is -2.35. The summed E-state index contributed by atoms with van der Waals surface area (Å²) in [5.74, 6) is -0.859. The van der Waals surface area contributed by atoms with Gasteiger partial charge in [0.1, 0.15) is 29.2 Å². The number of ketones is 1. The van der Waals surface area contributed by atoms with E-state index < -0.39 is 51.4 Å². The van der Waals surface area contributed by atoms with Gasteiger partial charge in [0.15, 0.2) is 33.8 Å². The number of fused-ring (bicyclic) bond motifs is 3. The zero-order chi connectivity index (χ0) is 41.7. The van der Waals surface area contributed by atoms with Gasteiger partial charge in [-0.05, 0) is 67.1 Å². The van der Waals surface area contributed by atoms with Crippen LogP contribution in [0.4, 0.5) is 0 Å². The molecule has 0 aromatic heterocycles. The van der Waals surface area contributed by atoms with E-state index in [4.69, 9.17) is 32.5 Å². The van der Waals surface area contributed by atoms with Crippen molar-refractivity contribution in [1.29, 1.82) is 0 Å². The molecule has 0 unspecified atom stereocenters. The van der Waals surface area contributed by atoms with Crippen molar-refractivity contribution in [2.24, 2.45) is 0 Å². The van der Waals surface area contributed by atoms with Crippen LogP contribution in [0.5, 0.6) is 5.75 Å². The van der Waals surface area contributed by atoms with Crippen LogP contribution in [-0.2, 0) is 39.2 Å². The van der Waals surface area contributed by atoms with Crippen LogP contribution < -0.4 is 4.74 Å². The van der Waals surface area contributed by atoms with Crippen molar-refractivity contribution in [2.45, 2.75) is 165 Å². The van der Waals surface area contributed by atoms with Gasteiger partial charge in [0.2, 0.25) is 0 Å². The van der Waals surface area contributed by atoms with Crippen LogP contribution in [0, 0.1) is 0 Å². The van der Waals surface area contributed by atoms with Gasteiger partial charge in [-0.2, -0.15) is 0 Å². The van der Waals surface area contributed by atoms with Crippen LogP contribution in [0.15, 0.2) is 72.8 Å². The van der Waals surface area contributed by atoms with Crippen LogP contribution in [0.1, 0.15) is 86.6 Å². The molecule has 2 bridgehead atoms. The molecule has 0 spiro atoms. The lowest BCUT2D eigenvalue weighted by Gasteiger charge is -2.57. The van der Waals surface area contributed by atoms with Gasteiger partial charge < -0.3 is 37.6 Å². The maximum atomic E-state index is 14.3. The summed E-state index contributed by atoms with van der Waals surface area (Å²) in [7, 11) is -4.58. The molecule has 0 amide bonds. The molecule has 3 fully saturated rings. The second kappa shape index (κ2) is 15.9. The lowest BCUT2D eigenvalue weighted by Crippen LogP contribution is -2.69. The number of rotatable bonds is 14. The molecule has 1 N–H and O–H groups in total. The summed E-state index contributed by atoms with van der Waals surface area (Å²) >= 11 is 0. The number of ether oxygens (including phenoxy) is 5. The monoisotopic (exact) mass is 820 g/mol. The molecular weight excluding hydrogens is 753 g/mol. The minimum absolute atomic E-state index is 0.0113. The summed E-state index contributed by atoms with van der Waals surface area (Å²) in [6.07, 6.45) is -1.24. The second-order valence-electron chi connectivity index (χ2n) is 20.3. The number of hydrogen-bond donors (Lipinski definition) is 1. The molecular formula is C46H68O9Si2. The molecule has 3 aromatic rings. The van der Waals surface area contributed by atoms with Crippen molar-refractivity contribution in [2.75, 3.05) is 19.8 Å². The van der Waals surface area contributed by atoms with Crippen molar-refractivity contribution in [1.82, 2.24) is 0 Å². The number of aliphatic hydroxyl groups is 1. The van der Waals surface area contributed by atoms with Gasteiger partial charge >= 0.3 is 0 Å². The Morgan fingerprint density at radius 1 is 0.807 bits per heavy atom. The number of aliphatic hydroxyl groups excluding tert-OH is 1. The Labute approximate surface area is 343 Å². The van der Waals surface area contributed by atoms with Gasteiger partial charge in [-0.1, -0.05) is 108 Å².